The number of hydrogen-bond donors (Lipinski definition) is 1. The summed E-state index contributed by atoms with van der Waals surface area (Å²) in [5.41, 5.74) is 1.00. The van der Waals surface area contributed by atoms with E-state index in [1.165, 1.54) is 0 Å². The summed E-state index contributed by atoms with van der Waals surface area (Å²) in [7, 11) is 0. The van der Waals surface area contributed by atoms with Gasteiger partial charge in [-0.05, 0) is 0 Å². The lowest BCUT2D eigenvalue weighted by atomic mass is 10.6. The molecule has 4 nitrogen and oxygen atoms in total. The van der Waals surface area contributed by atoms with Crippen LogP contribution in [0.1, 0.15) is 0 Å². The van der Waals surface area contributed by atoms with Gasteiger partial charge in [-0.1, -0.05) is 6.58 Å². The van der Waals surface area contributed by atoms with Gasteiger partial charge < -0.3 is 5.11 Å². The molecule has 2 aromatic rings. The Labute approximate surface area is 56.4 Å². The van der Waals surface area contributed by atoms with Gasteiger partial charge in [-0.2, -0.15) is 0 Å². The summed E-state index contributed by atoms with van der Waals surface area (Å²) in [4.78, 5) is 0. The number of fused-ring (bicyclic) bond motifs is 1. The minimum atomic E-state index is 0.141. The zero-order valence-electron chi connectivity index (χ0n) is 5.15. The molecule has 0 saturated carbocycles. The highest BCUT2D eigenvalue weighted by Gasteiger charge is 2.02. The predicted molar refractivity (Wildman–Crippen MR) is 35.4 cm³/mol. The maximum Gasteiger partial charge on any atom is 0.203 e. The van der Waals surface area contributed by atoms with E-state index in [4.69, 9.17) is 5.11 Å². The molecule has 50 valence electrons. The van der Waals surface area contributed by atoms with Crippen molar-refractivity contribution in [3.8, 4) is 5.75 Å². The van der Waals surface area contributed by atoms with E-state index in [9.17, 15) is 0 Å². The predicted octanol–water partition coefficient (Wildman–Crippen LogP) is -0.436. The van der Waals surface area contributed by atoms with Crippen LogP contribution in [0.25, 0.3) is 12.2 Å². The first kappa shape index (κ1) is 5.22. The van der Waals surface area contributed by atoms with Gasteiger partial charge in [-0.15, -0.1) is 10.2 Å². The molecule has 0 spiro atoms. The van der Waals surface area contributed by atoms with Crippen LogP contribution in [0.2, 0.25) is 0 Å². The van der Waals surface area contributed by atoms with Crippen LogP contribution in [0.4, 0.5) is 0 Å². The zero-order valence-corrected chi connectivity index (χ0v) is 5.15. The van der Waals surface area contributed by atoms with Gasteiger partial charge in [0.15, 0.2) is 11.2 Å². The van der Waals surface area contributed by atoms with Crippen LogP contribution in [0.3, 0.4) is 0 Å². The second-order valence-electron chi connectivity index (χ2n) is 2.01. The normalized spacial score (nSPS) is 10.8. The van der Waals surface area contributed by atoms with Crippen molar-refractivity contribution < 1.29 is 5.11 Å². The molecule has 0 aliphatic rings. The number of hydrogen-bond acceptors (Lipinski definition) is 3. The second kappa shape index (κ2) is 1.47. The van der Waals surface area contributed by atoms with Gasteiger partial charge in [0.2, 0.25) is 5.65 Å². The third kappa shape index (κ3) is 0.452. The molecule has 0 aliphatic heterocycles. The Morgan fingerprint density at radius 1 is 1.50 bits per heavy atom. The molecule has 4 heteroatoms. The van der Waals surface area contributed by atoms with Crippen molar-refractivity contribution in [2.45, 2.75) is 0 Å². The molecule has 0 amide bonds. The van der Waals surface area contributed by atoms with Gasteiger partial charge in [0.25, 0.3) is 0 Å². The quantitative estimate of drug-likeness (QED) is 0.533. The van der Waals surface area contributed by atoms with Crippen LogP contribution in [0.5, 0.6) is 5.75 Å². The van der Waals surface area contributed by atoms with E-state index in [-0.39, 0.29) is 5.75 Å². The molecule has 0 saturated heterocycles. The minimum absolute atomic E-state index is 0.141. The first-order chi connectivity index (χ1) is 4.79. The third-order valence-corrected chi connectivity index (χ3v) is 1.38. The van der Waals surface area contributed by atoms with Gasteiger partial charge in [0, 0.05) is 12.3 Å². The average Bonchev–Trinajstić information content (AvgIpc) is 2.41. The van der Waals surface area contributed by atoms with Gasteiger partial charge in [-0.3, -0.25) is 4.40 Å². The lowest BCUT2D eigenvalue weighted by Gasteiger charge is -1.77. The monoisotopic (exact) mass is 135 g/mol. The maximum atomic E-state index is 9.07. The molecule has 0 aliphatic carbocycles. The number of rotatable bonds is 0. The molecule has 2 heterocycles. The molecule has 2 rings (SSSR count). The Balaban J connectivity index is 3.09. The molecule has 0 unspecified atom stereocenters. The molecule has 2 aromatic heterocycles. The van der Waals surface area contributed by atoms with Gasteiger partial charge >= 0.3 is 0 Å². The third-order valence-electron chi connectivity index (χ3n) is 1.38. The van der Waals surface area contributed by atoms with E-state index in [2.05, 4.69) is 16.8 Å². The van der Waals surface area contributed by atoms with Crippen LogP contribution >= 0.6 is 0 Å². The Bertz CT molecular complexity index is 406. The van der Waals surface area contributed by atoms with E-state index in [0.29, 0.717) is 11.1 Å². The maximum absolute atomic E-state index is 9.07. The standard InChI is InChI=1S/C6H5N3O/c1-4-7-8-6-5(10)2-3-9(4)6/h2-3,10H,1H2. The Kier molecular flexibility index (Phi) is 0.768. The first-order valence-corrected chi connectivity index (χ1v) is 2.80. The smallest absolute Gasteiger partial charge is 0.203 e. The highest BCUT2D eigenvalue weighted by atomic mass is 16.3. The van der Waals surface area contributed by atoms with E-state index < -0.39 is 0 Å². The Morgan fingerprint density at radius 3 is 3.00 bits per heavy atom. The molecule has 0 radical (unpaired) electrons. The van der Waals surface area contributed by atoms with Crippen LogP contribution in [-0.4, -0.2) is 19.7 Å². The van der Waals surface area contributed by atoms with Crippen molar-refractivity contribution in [3.05, 3.63) is 17.7 Å². The van der Waals surface area contributed by atoms with E-state index in [1.807, 2.05) is 0 Å². The number of aromatic nitrogens is 3. The summed E-state index contributed by atoms with van der Waals surface area (Å²) >= 11 is 0. The van der Waals surface area contributed by atoms with E-state index >= 15 is 0 Å². The molecule has 0 bridgehead atoms. The van der Waals surface area contributed by atoms with Crippen molar-refractivity contribution in [1.29, 1.82) is 0 Å². The molecule has 0 aromatic carbocycles. The fourth-order valence-corrected chi connectivity index (χ4v) is 0.875. The second-order valence-corrected chi connectivity index (χ2v) is 2.01. The SMILES string of the molecule is C=c1nnc2c(O)ccn12. The summed E-state index contributed by atoms with van der Waals surface area (Å²) in [6.45, 7) is 3.60. The zero-order chi connectivity index (χ0) is 7.14. The van der Waals surface area contributed by atoms with Gasteiger partial charge in [0.05, 0.1) is 0 Å². The molecule has 1 N–H and O–H groups in total. The lowest BCUT2D eigenvalue weighted by Crippen LogP contribution is -2.06. The molecule has 0 atom stereocenters. The van der Waals surface area contributed by atoms with Crippen LogP contribution in [0, 0.1) is 0 Å². The summed E-state index contributed by atoms with van der Waals surface area (Å²) in [5.74, 6) is 0.141. The lowest BCUT2D eigenvalue weighted by molar-refractivity contribution is 0.480. The van der Waals surface area contributed by atoms with Crippen LogP contribution < -0.4 is 5.48 Å². The van der Waals surface area contributed by atoms with E-state index in [1.54, 1.807) is 16.7 Å². The topological polar surface area (TPSA) is 50.4 Å². The van der Waals surface area contributed by atoms with Crippen molar-refractivity contribution in [1.82, 2.24) is 14.6 Å². The van der Waals surface area contributed by atoms with E-state index in [0.717, 1.165) is 0 Å². The molecule has 10 heavy (non-hydrogen) atoms. The van der Waals surface area contributed by atoms with Crippen molar-refractivity contribution >= 4 is 12.2 Å². The Morgan fingerprint density at radius 2 is 2.30 bits per heavy atom. The number of aromatic hydroxyl groups is 1. The summed E-state index contributed by atoms with van der Waals surface area (Å²) in [6.07, 6.45) is 1.67. The summed E-state index contributed by atoms with van der Waals surface area (Å²) < 4.78 is 1.62. The summed E-state index contributed by atoms with van der Waals surface area (Å²) in [5, 5.41) is 16.4. The summed E-state index contributed by atoms with van der Waals surface area (Å²) in [6, 6.07) is 1.55. The van der Waals surface area contributed by atoms with Crippen molar-refractivity contribution in [2.75, 3.05) is 0 Å². The Hall–Kier alpha value is -1.58. The fourth-order valence-electron chi connectivity index (χ4n) is 0.875. The van der Waals surface area contributed by atoms with Crippen LogP contribution in [0.15, 0.2) is 12.3 Å². The largest absolute Gasteiger partial charge is 0.504 e. The highest BCUT2D eigenvalue weighted by molar-refractivity contribution is 5.52. The average molecular weight is 135 g/mol. The minimum Gasteiger partial charge on any atom is -0.504 e. The van der Waals surface area contributed by atoms with Crippen LogP contribution in [-0.2, 0) is 0 Å². The molecular formula is C6H5N3O. The van der Waals surface area contributed by atoms with Gasteiger partial charge in [-0.25, -0.2) is 0 Å². The highest BCUT2D eigenvalue weighted by Crippen LogP contribution is 2.13. The van der Waals surface area contributed by atoms with Crippen molar-refractivity contribution in [2.24, 2.45) is 0 Å². The number of nitrogens with zero attached hydrogens (tertiary/aromatic N) is 3. The molecule has 0 fully saturated rings. The van der Waals surface area contributed by atoms with Crippen molar-refractivity contribution in [3.63, 3.8) is 0 Å². The van der Waals surface area contributed by atoms with Gasteiger partial charge in [0.1, 0.15) is 0 Å². The first-order valence-electron chi connectivity index (χ1n) is 2.80. The fraction of sp³-hybridized carbons (Fsp3) is 0. The molecular weight excluding hydrogens is 130 g/mol.